The molecule has 0 radical (unpaired) electrons. The van der Waals surface area contributed by atoms with Crippen LogP contribution in [0.1, 0.15) is 51.9 Å². The lowest BCUT2D eigenvalue weighted by Crippen LogP contribution is -1.98. The first-order valence-corrected chi connectivity index (χ1v) is 7.76. The minimum absolute atomic E-state index is 0.139. The summed E-state index contributed by atoms with van der Waals surface area (Å²) < 4.78 is 0. The van der Waals surface area contributed by atoms with Crippen molar-refractivity contribution in [3.05, 3.63) is 38.4 Å². The van der Waals surface area contributed by atoms with Crippen molar-refractivity contribution in [2.45, 2.75) is 51.9 Å². The van der Waals surface area contributed by atoms with Crippen LogP contribution >= 0.6 is 0 Å². The number of anilines is 1. The predicted molar refractivity (Wildman–Crippen MR) is 89.9 cm³/mol. The Kier molecular flexibility index (Phi) is 8.27. The van der Waals surface area contributed by atoms with Gasteiger partial charge < -0.3 is 0 Å². The highest BCUT2D eigenvalue weighted by Gasteiger charge is 2.18. The molecule has 0 saturated heterocycles. The average Bonchev–Trinajstić information content (AvgIpc) is 2.53. The highest BCUT2D eigenvalue weighted by molar-refractivity contribution is 5.67. The summed E-state index contributed by atoms with van der Waals surface area (Å²) >= 11 is 0. The van der Waals surface area contributed by atoms with Crippen LogP contribution in [0.3, 0.4) is 0 Å². The quantitative estimate of drug-likeness (QED) is 0.276. The summed E-state index contributed by atoms with van der Waals surface area (Å²) in [5, 5.41) is 25.5. The molecule has 0 fully saturated rings. The van der Waals surface area contributed by atoms with Crippen LogP contribution in [0.15, 0.2) is 23.3 Å². The van der Waals surface area contributed by atoms with Gasteiger partial charge in [0, 0.05) is 12.3 Å². The average molecular weight is 322 g/mol. The maximum Gasteiger partial charge on any atom is 0.301 e. The van der Waals surface area contributed by atoms with Gasteiger partial charge in [-0.25, -0.2) is 0 Å². The largest absolute Gasteiger partial charge is 0.301 e. The maximum atomic E-state index is 10.9. The minimum Gasteiger partial charge on any atom is -0.272 e. The molecule has 8 heteroatoms. The SMILES string of the molecule is CCCCCCCC/C=N/Nc1ccc([N+](=O)[O-])cc1[N+](=O)[O-]. The number of nitro groups is 2. The summed E-state index contributed by atoms with van der Waals surface area (Å²) in [5.74, 6) is 0. The van der Waals surface area contributed by atoms with Crippen LogP contribution < -0.4 is 5.43 Å². The summed E-state index contributed by atoms with van der Waals surface area (Å²) in [6, 6.07) is 3.42. The van der Waals surface area contributed by atoms with Gasteiger partial charge in [0.05, 0.1) is 15.9 Å². The highest BCUT2D eigenvalue weighted by atomic mass is 16.6. The van der Waals surface area contributed by atoms with Gasteiger partial charge >= 0.3 is 5.69 Å². The molecule has 23 heavy (non-hydrogen) atoms. The van der Waals surface area contributed by atoms with E-state index in [1.165, 1.54) is 37.8 Å². The molecule has 0 bridgehead atoms. The Balaban J connectivity index is 2.46. The smallest absolute Gasteiger partial charge is 0.272 e. The molecule has 0 spiro atoms. The first kappa shape index (κ1) is 18.5. The van der Waals surface area contributed by atoms with Gasteiger partial charge in [-0.05, 0) is 18.9 Å². The van der Waals surface area contributed by atoms with Gasteiger partial charge in [-0.3, -0.25) is 25.7 Å². The van der Waals surface area contributed by atoms with E-state index in [1.807, 2.05) is 0 Å². The van der Waals surface area contributed by atoms with Gasteiger partial charge in [0.25, 0.3) is 5.69 Å². The molecule has 0 unspecified atom stereocenters. The normalized spacial score (nSPS) is 10.8. The number of hydrogen-bond donors (Lipinski definition) is 1. The minimum atomic E-state index is -0.668. The topological polar surface area (TPSA) is 111 Å². The van der Waals surface area contributed by atoms with Gasteiger partial charge in [0.1, 0.15) is 5.69 Å². The van der Waals surface area contributed by atoms with E-state index in [-0.39, 0.29) is 17.1 Å². The van der Waals surface area contributed by atoms with Crippen LogP contribution in [0.5, 0.6) is 0 Å². The molecule has 8 nitrogen and oxygen atoms in total. The van der Waals surface area contributed by atoms with Crippen LogP contribution in [-0.4, -0.2) is 16.1 Å². The zero-order valence-electron chi connectivity index (χ0n) is 13.2. The number of nitrogens with zero attached hydrogens (tertiary/aromatic N) is 3. The third-order valence-electron chi connectivity index (χ3n) is 3.35. The summed E-state index contributed by atoms with van der Waals surface area (Å²) in [6.07, 6.45) is 9.58. The van der Waals surface area contributed by atoms with E-state index < -0.39 is 9.85 Å². The van der Waals surface area contributed by atoms with E-state index in [4.69, 9.17) is 0 Å². The van der Waals surface area contributed by atoms with Crippen molar-refractivity contribution in [1.82, 2.24) is 0 Å². The third kappa shape index (κ3) is 6.86. The standard InChI is InChI=1S/C15H22N4O4/c1-2-3-4-5-6-7-8-11-16-17-14-10-9-13(18(20)21)12-15(14)19(22)23/h9-12,17H,2-8H2,1H3/b16-11+. The van der Waals surface area contributed by atoms with Crippen molar-refractivity contribution in [2.24, 2.45) is 5.10 Å². The van der Waals surface area contributed by atoms with Crippen LogP contribution in [0.25, 0.3) is 0 Å². The third-order valence-corrected chi connectivity index (χ3v) is 3.35. The molecule has 0 aliphatic heterocycles. The molecule has 0 amide bonds. The molecular formula is C15H22N4O4. The predicted octanol–water partition coefficient (Wildman–Crippen LogP) is 4.65. The number of nitro benzene ring substituents is 2. The molecular weight excluding hydrogens is 300 g/mol. The van der Waals surface area contributed by atoms with Gasteiger partial charge in [-0.1, -0.05) is 39.0 Å². The fraction of sp³-hybridized carbons (Fsp3) is 0.533. The van der Waals surface area contributed by atoms with E-state index in [0.29, 0.717) is 0 Å². The fourth-order valence-electron chi connectivity index (χ4n) is 2.07. The maximum absolute atomic E-state index is 10.9. The zero-order chi connectivity index (χ0) is 17.1. The van der Waals surface area contributed by atoms with Crippen molar-refractivity contribution in [2.75, 3.05) is 5.43 Å². The molecule has 0 aliphatic carbocycles. The molecule has 0 atom stereocenters. The van der Waals surface area contributed by atoms with E-state index in [1.54, 1.807) is 6.21 Å². The van der Waals surface area contributed by atoms with Crippen molar-refractivity contribution >= 4 is 23.3 Å². The van der Waals surface area contributed by atoms with Crippen LogP contribution in [-0.2, 0) is 0 Å². The lowest BCUT2D eigenvalue weighted by molar-refractivity contribution is -0.393. The second-order valence-corrected chi connectivity index (χ2v) is 5.20. The Morgan fingerprint density at radius 1 is 1.09 bits per heavy atom. The summed E-state index contributed by atoms with van der Waals surface area (Å²) in [4.78, 5) is 20.3. The Labute approximate surface area is 134 Å². The lowest BCUT2D eigenvalue weighted by Gasteiger charge is -2.02. The molecule has 0 aromatic heterocycles. The van der Waals surface area contributed by atoms with Crippen molar-refractivity contribution in [3.63, 3.8) is 0 Å². The molecule has 0 saturated carbocycles. The number of hydrogen-bond acceptors (Lipinski definition) is 6. The van der Waals surface area contributed by atoms with Gasteiger partial charge in [0.15, 0.2) is 0 Å². The monoisotopic (exact) mass is 322 g/mol. The number of rotatable bonds is 11. The Morgan fingerprint density at radius 2 is 1.78 bits per heavy atom. The molecule has 0 aliphatic rings. The number of hydrazone groups is 1. The summed E-state index contributed by atoms with van der Waals surface area (Å²) in [5.41, 5.74) is 2.03. The Hall–Kier alpha value is -2.51. The Bertz CT molecular complexity index is 560. The van der Waals surface area contributed by atoms with Gasteiger partial charge in [0.2, 0.25) is 0 Å². The first-order valence-electron chi connectivity index (χ1n) is 7.76. The summed E-state index contributed by atoms with van der Waals surface area (Å²) in [6.45, 7) is 2.18. The number of non-ortho nitro benzene ring substituents is 1. The molecule has 1 aromatic carbocycles. The molecule has 126 valence electrons. The fourth-order valence-corrected chi connectivity index (χ4v) is 2.07. The van der Waals surface area contributed by atoms with Crippen LogP contribution in [0, 0.1) is 20.2 Å². The van der Waals surface area contributed by atoms with Crippen molar-refractivity contribution in [1.29, 1.82) is 0 Å². The number of benzene rings is 1. The van der Waals surface area contributed by atoms with Gasteiger partial charge in [-0.2, -0.15) is 5.10 Å². The Morgan fingerprint density at radius 3 is 2.43 bits per heavy atom. The second-order valence-electron chi connectivity index (χ2n) is 5.20. The highest BCUT2D eigenvalue weighted by Crippen LogP contribution is 2.28. The van der Waals surface area contributed by atoms with Crippen LogP contribution in [0.4, 0.5) is 17.1 Å². The van der Waals surface area contributed by atoms with Gasteiger partial charge in [-0.15, -0.1) is 0 Å². The molecule has 1 aromatic rings. The van der Waals surface area contributed by atoms with E-state index in [0.717, 1.165) is 25.3 Å². The second kappa shape index (κ2) is 10.3. The first-order chi connectivity index (χ1) is 11.1. The van der Waals surface area contributed by atoms with Crippen molar-refractivity contribution in [3.8, 4) is 0 Å². The lowest BCUT2D eigenvalue weighted by atomic mass is 10.1. The molecule has 0 heterocycles. The summed E-state index contributed by atoms with van der Waals surface area (Å²) in [7, 11) is 0. The molecule has 1 N–H and O–H groups in total. The number of unbranched alkanes of at least 4 members (excludes halogenated alkanes) is 6. The van der Waals surface area contributed by atoms with Crippen LogP contribution in [0.2, 0.25) is 0 Å². The number of nitrogens with one attached hydrogen (secondary N) is 1. The van der Waals surface area contributed by atoms with E-state index >= 15 is 0 Å². The molecule has 1 rings (SSSR count). The zero-order valence-corrected chi connectivity index (χ0v) is 13.2. The van der Waals surface area contributed by atoms with Crippen molar-refractivity contribution < 1.29 is 9.85 Å². The van der Waals surface area contributed by atoms with E-state index in [2.05, 4.69) is 17.5 Å². The van der Waals surface area contributed by atoms with E-state index in [9.17, 15) is 20.2 Å².